The number of rotatable bonds is 5. The molecule has 0 aliphatic heterocycles. The van der Waals surface area contributed by atoms with Crippen LogP contribution >= 0.6 is 0 Å². The van der Waals surface area contributed by atoms with Crippen molar-refractivity contribution in [2.75, 3.05) is 34.3 Å². The maximum Gasteiger partial charge on any atom is 0.311 e. The zero-order valence-electron chi connectivity index (χ0n) is 11.1. The predicted molar refractivity (Wildman–Crippen MR) is 62.5 cm³/mol. The topological polar surface area (TPSA) is 26.3 Å². The molecule has 0 heterocycles. The minimum absolute atomic E-state index is 0.104. The lowest BCUT2D eigenvalue weighted by Crippen LogP contribution is -2.35. The lowest BCUT2D eigenvalue weighted by molar-refractivity contribution is -0.870. The van der Waals surface area contributed by atoms with Crippen LogP contribution in [0.15, 0.2) is 0 Å². The van der Waals surface area contributed by atoms with E-state index in [0.717, 1.165) is 23.9 Å². The van der Waals surface area contributed by atoms with Crippen molar-refractivity contribution >= 4 is 5.97 Å². The van der Waals surface area contributed by atoms with E-state index in [9.17, 15) is 4.79 Å². The van der Waals surface area contributed by atoms with E-state index in [1.165, 1.54) is 0 Å². The van der Waals surface area contributed by atoms with Gasteiger partial charge in [0.25, 0.3) is 0 Å². The van der Waals surface area contributed by atoms with E-state index < -0.39 is 0 Å². The maximum absolute atomic E-state index is 11.4. The van der Waals surface area contributed by atoms with Crippen LogP contribution in [-0.2, 0) is 9.53 Å². The van der Waals surface area contributed by atoms with Gasteiger partial charge in [-0.1, -0.05) is 0 Å². The van der Waals surface area contributed by atoms with Crippen molar-refractivity contribution < 1.29 is 14.0 Å². The van der Waals surface area contributed by atoms with Crippen molar-refractivity contribution in [2.24, 2.45) is 5.41 Å². The highest BCUT2D eigenvalue weighted by Gasteiger charge is 2.22. The number of ether oxygens (including phenoxy) is 1. The van der Waals surface area contributed by atoms with Gasteiger partial charge < -0.3 is 9.22 Å². The SMILES string of the molecule is CC(C)(C)C(=O)OCCCC[N+](C)(C)C. The fourth-order valence-corrected chi connectivity index (χ4v) is 1.07. The standard InChI is InChI=1S/C12H26NO2/c1-12(2,3)11(14)15-10-8-7-9-13(4,5)6/h7-10H2,1-6H3/q+1. The third-order valence-corrected chi connectivity index (χ3v) is 2.07. The van der Waals surface area contributed by atoms with Gasteiger partial charge in [-0.3, -0.25) is 4.79 Å². The largest absolute Gasteiger partial charge is 0.465 e. The number of esters is 1. The molecule has 0 unspecified atom stereocenters. The second-order valence-corrected chi connectivity index (χ2v) is 6.11. The Labute approximate surface area is 94.0 Å². The normalized spacial score (nSPS) is 12.7. The third-order valence-electron chi connectivity index (χ3n) is 2.07. The number of carbonyl (C=O) groups excluding carboxylic acids is 1. The zero-order chi connectivity index (χ0) is 12.1. The molecular formula is C12H26NO2+. The molecule has 0 aliphatic rings. The highest BCUT2D eigenvalue weighted by Crippen LogP contribution is 2.15. The average molecular weight is 216 g/mol. The van der Waals surface area contributed by atoms with Gasteiger partial charge in [-0.15, -0.1) is 0 Å². The maximum atomic E-state index is 11.4. The Hall–Kier alpha value is -0.570. The molecule has 0 aromatic rings. The van der Waals surface area contributed by atoms with Crippen molar-refractivity contribution in [1.29, 1.82) is 0 Å². The van der Waals surface area contributed by atoms with Gasteiger partial charge in [0, 0.05) is 0 Å². The first-order chi connectivity index (χ1) is 6.63. The fraction of sp³-hybridized carbons (Fsp3) is 0.917. The van der Waals surface area contributed by atoms with Gasteiger partial charge in [-0.2, -0.15) is 0 Å². The summed E-state index contributed by atoms with van der Waals surface area (Å²) in [5, 5.41) is 0. The van der Waals surface area contributed by atoms with Gasteiger partial charge in [0.2, 0.25) is 0 Å². The number of quaternary nitrogens is 1. The second-order valence-electron chi connectivity index (χ2n) is 6.11. The number of carbonyl (C=O) groups is 1. The zero-order valence-corrected chi connectivity index (χ0v) is 11.1. The molecule has 0 saturated heterocycles. The summed E-state index contributed by atoms with van der Waals surface area (Å²) in [7, 11) is 6.50. The summed E-state index contributed by atoms with van der Waals surface area (Å²) in [5.74, 6) is -0.104. The molecule has 90 valence electrons. The molecule has 0 saturated carbocycles. The van der Waals surface area contributed by atoms with Gasteiger partial charge in [0.05, 0.1) is 39.7 Å². The first-order valence-corrected chi connectivity index (χ1v) is 5.60. The van der Waals surface area contributed by atoms with Crippen LogP contribution in [-0.4, -0.2) is 44.7 Å². The van der Waals surface area contributed by atoms with Gasteiger partial charge in [-0.25, -0.2) is 0 Å². The third kappa shape index (κ3) is 8.43. The van der Waals surface area contributed by atoms with Gasteiger partial charge in [0.15, 0.2) is 0 Å². The van der Waals surface area contributed by atoms with Crippen LogP contribution in [0.2, 0.25) is 0 Å². The smallest absolute Gasteiger partial charge is 0.311 e. The fourth-order valence-electron chi connectivity index (χ4n) is 1.07. The summed E-state index contributed by atoms with van der Waals surface area (Å²) in [6, 6.07) is 0. The molecule has 0 radical (unpaired) electrons. The highest BCUT2D eigenvalue weighted by molar-refractivity contribution is 5.75. The Balaban J connectivity index is 3.53. The second kappa shape index (κ2) is 5.50. The van der Waals surface area contributed by atoms with E-state index in [2.05, 4.69) is 21.1 Å². The van der Waals surface area contributed by atoms with E-state index in [4.69, 9.17) is 4.74 Å². The summed E-state index contributed by atoms with van der Waals surface area (Å²) < 4.78 is 6.14. The van der Waals surface area contributed by atoms with Crippen LogP contribution in [0, 0.1) is 5.41 Å². The van der Waals surface area contributed by atoms with Gasteiger partial charge in [-0.05, 0) is 33.6 Å². The molecule has 3 heteroatoms. The van der Waals surface area contributed by atoms with Crippen molar-refractivity contribution in [3.8, 4) is 0 Å². The predicted octanol–water partition coefficient (Wildman–Crippen LogP) is 2.06. The van der Waals surface area contributed by atoms with E-state index in [-0.39, 0.29) is 11.4 Å². The molecule has 0 fully saturated rings. The Morgan fingerprint density at radius 3 is 2.07 bits per heavy atom. The summed E-state index contributed by atoms with van der Waals surface area (Å²) in [5.41, 5.74) is -0.375. The summed E-state index contributed by atoms with van der Waals surface area (Å²) in [4.78, 5) is 11.4. The first kappa shape index (κ1) is 14.4. The van der Waals surface area contributed by atoms with Gasteiger partial charge >= 0.3 is 5.97 Å². The number of unbranched alkanes of at least 4 members (excludes halogenated alkanes) is 1. The van der Waals surface area contributed by atoms with Crippen molar-refractivity contribution in [2.45, 2.75) is 33.6 Å². The van der Waals surface area contributed by atoms with E-state index >= 15 is 0 Å². The monoisotopic (exact) mass is 216 g/mol. The van der Waals surface area contributed by atoms with Crippen LogP contribution in [0.5, 0.6) is 0 Å². The van der Waals surface area contributed by atoms with Crippen LogP contribution < -0.4 is 0 Å². The molecule has 0 bridgehead atoms. The van der Waals surface area contributed by atoms with E-state index in [1.54, 1.807) is 0 Å². The highest BCUT2D eigenvalue weighted by atomic mass is 16.5. The summed E-state index contributed by atoms with van der Waals surface area (Å²) in [6.07, 6.45) is 2.05. The molecule has 0 rings (SSSR count). The molecule has 3 nitrogen and oxygen atoms in total. The van der Waals surface area contributed by atoms with E-state index in [0.29, 0.717) is 6.61 Å². The molecule has 0 aliphatic carbocycles. The van der Waals surface area contributed by atoms with Crippen molar-refractivity contribution in [3.63, 3.8) is 0 Å². The molecule has 0 amide bonds. The summed E-state index contributed by atoms with van der Waals surface area (Å²) >= 11 is 0. The van der Waals surface area contributed by atoms with Crippen LogP contribution in [0.1, 0.15) is 33.6 Å². The Morgan fingerprint density at radius 2 is 1.67 bits per heavy atom. The molecule has 0 N–H and O–H groups in total. The molecular weight excluding hydrogens is 190 g/mol. The molecule has 0 atom stereocenters. The van der Waals surface area contributed by atoms with Crippen molar-refractivity contribution in [1.82, 2.24) is 0 Å². The molecule has 15 heavy (non-hydrogen) atoms. The van der Waals surface area contributed by atoms with Crippen LogP contribution in [0.4, 0.5) is 0 Å². The average Bonchev–Trinajstić information content (AvgIpc) is 1.99. The summed E-state index contributed by atoms with van der Waals surface area (Å²) in [6.45, 7) is 7.30. The quantitative estimate of drug-likeness (QED) is 0.399. The Morgan fingerprint density at radius 1 is 1.13 bits per heavy atom. The van der Waals surface area contributed by atoms with E-state index in [1.807, 2.05) is 20.8 Å². The lowest BCUT2D eigenvalue weighted by Gasteiger charge is -2.23. The molecule has 0 spiro atoms. The minimum Gasteiger partial charge on any atom is -0.465 e. The lowest BCUT2D eigenvalue weighted by atomic mass is 9.97. The molecule has 0 aromatic carbocycles. The first-order valence-electron chi connectivity index (χ1n) is 5.60. The molecule has 0 aromatic heterocycles. The number of nitrogens with zero attached hydrogens (tertiary/aromatic N) is 1. The van der Waals surface area contributed by atoms with Gasteiger partial charge in [0.1, 0.15) is 0 Å². The van der Waals surface area contributed by atoms with Crippen LogP contribution in [0.25, 0.3) is 0 Å². The van der Waals surface area contributed by atoms with Crippen LogP contribution in [0.3, 0.4) is 0 Å². The Kier molecular flexibility index (Phi) is 5.29. The number of hydrogen-bond donors (Lipinski definition) is 0. The Bertz CT molecular complexity index is 199. The number of hydrogen-bond acceptors (Lipinski definition) is 2. The van der Waals surface area contributed by atoms with Crippen molar-refractivity contribution in [3.05, 3.63) is 0 Å². The minimum atomic E-state index is -0.375.